The Labute approximate surface area is 75.2 Å². The number of hydrogen-bond acceptors (Lipinski definition) is 3. The molecular formula is C9H21NO2. The molecule has 2 N–H and O–H groups in total. The Morgan fingerprint density at radius 1 is 1.42 bits per heavy atom. The van der Waals surface area contributed by atoms with Crippen molar-refractivity contribution in [2.24, 2.45) is 5.73 Å². The first-order valence-corrected chi connectivity index (χ1v) is 4.40. The number of methoxy groups -OCH3 is 1. The highest BCUT2D eigenvalue weighted by atomic mass is 16.5. The number of rotatable bonds is 6. The molecule has 0 amide bonds. The van der Waals surface area contributed by atoms with Crippen molar-refractivity contribution in [2.75, 3.05) is 20.3 Å². The van der Waals surface area contributed by atoms with Crippen LogP contribution in [-0.2, 0) is 9.47 Å². The minimum atomic E-state index is -0.142. The summed E-state index contributed by atoms with van der Waals surface area (Å²) in [6.07, 6.45) is 0.823. The third kappa shape index (κ3) is 5.52. The minimum absolute atomic E-state index is 0.0694. The summed E-state index contributed by atoms with van der Waals surface area (Å²) in [4.78, 5) is 0. The van der Waals surface area contributed by atoms with E-state index < -0.39 is 0 Å². The summed E-state index contributed by atoms with van der Waals surface area (Å²) >= 11 is 0. The van der Waals surface area contributed by atoms with Crippen molar-refractivity contribution in [2.45, 2.75) is 38.8 Å². The monoisotopic (exact) mass is 175 g/mol. The molecule has 0 rings (SSSR count). The molecule has 12 heavy (non-hydrogen) atoms. The molecule has 0 saturated carbocycles. The fourth-order valence-electron chi connectivity index (χ4n) is 1.04. The van der Waals surface area contributed by atoms with Crippen LogP contribution in [0.5, 0.6) is 0 Å². The number of nitrogens with two attached hydrogens (primary N) is 1. The Hall–Kier alpha value is -0.120. The van der Waals surface area contributed by atoms with Gasteiger partial charge in [-0.1, -0.05) is 0 Å². The smallest absolute Gasteiger partial charge is 0.0638 e. The Morgan fingerprint density at radius 2 is 2.00 bits per heavy atom. The first-order valence-electron chi connectivity index (χ1n) is 4.40. The lowest BCUT2D eigenvalue weighted by Crippen LogP contribution is -2.36. The molecule has 0 aliphatic rings. The van der Waals surface area contributed by atoms with Crippen LogP contribution < -0.4 is 5.73 Å². The molecule has 0 aromatic carbocycles. The maximum Gasteiger partial charge on any atom is 0.0638 e. The van der Waals surface area contributed by atoms with Gasteiger partial charge >= 0.3 is 0 Å². The van der Waals surface area contributed by atoms with Crippen molar-refractivity contribution < 1.29 is 9.47 Å². The molecule has 1 atom stereocenters. The fourth-order valence-corrected chi connectivity index (χ4v) is 1.04. The largest absolute Gasteiger partial charge is 0.380 e. The Bertz CT molecular complexity index is 115. The second-order valence-electron chi connectivity index (χ2n) is 3.59. The van der Waals surface area contributed by atoms with Gasteiger partial charge in [0.1, 0.15) is 0 Å². The average molecular weight is 175 g/mol. The van der Waals surface area contributed by atoms with Crippen molar-refractivity contribution in [1.29, 1.82) is 0 Å². The first-order chi connectivity index (χ1) is 5.52. The van der Waals surface area contributed by atoms with Gasteiger partial charge in [-0.05, 0) is 27.2 Å². The van der Waals surface area contributed by atoms with E-state index in [0.717, 1.165) is 13.0 Å². The van der Waals surface area contributed by atoms with E-state index >= 15 is 0 Å². The third-order valence-electron chi connectivity index (χ3n) is 1.84. The van der Waals surface area contributed by atoms with Crippen molar-refractivity contribution in [1.82, 2.24) is 0 Å². The molecule has 0 aliphatic carbocycles. The van der Waals surface area contributed by atoms with Gasteiger partial charge in [-0.2, -0.15) is 0 Å². The lowest BCUT2D eigenvalue weighted by molar-refractivity contribution is 0.000961. The van der Waals surface area contributed by atoms with Crippen molar-refractivity contribution >= 4 is 0 Å². The summed E-state index contributed by atoms with van der Waals surface area (Å²) < 4.78 is 10.5. The summed E-state index contributed by atoms with van der Waals surface area (Å²) in [7, 11) is 1.70. The highest BCUT2D eigenvalue weighted by molar-refractivity contribution is 4.75. The van der Waals surface area contributed by atoms with Crippen LogP contribution in [0.15, 0.2) is 0 Å². The van der Waals surface area contributed by atoms with E-state index in [9.17, 15) is 0 Å². The van der Waals surface area contributed by atoms with E-state index in [1.807, 2.05) is 20.8 Å². The topological polar surface area (TPSA) is 44.5 Å². The molecule has 0 aliphatic heterocycles. The predicted molar refractivity (Wildman–Crippen MR) is 50.2 cm³/mol. The van der Waals surface area contributed by atoms with Gasteiger partial charge in [0.15, 0.2) is 0 Å². The van der Waals surface area contributed by atoms with Crippen LogP contribution in [0.2, 0.25) is 0 Å². The maximum absolute atomic E-state index is 5.82. The van der Waals surface area contributed by atoms with Gasteiger partial charge in [-0.3, -0.25) is 0 Å². The summed E-state index contributed by atoms with van der Waals surface area (Å²) in [6, 6.07) is 0.0694. The molecule has 74 valence electrons. The standard InChI is InChI=1S/C9H21NO2/c1-5-12-7-8(10)6-9(2,3)11-4/h8H,5-7,10H2,1-4H3. The Kier molecular flexibility index (Phi) is 5.46. The normalized spacial score (nSPS) is 14.8. The van der Waals surface area contributed by atoms with Crippen LogP contribution >= 0.6 is 0 Å². The van der Waals surface area contributed by atoms with E-state index in [1.54, 1.807) is 7.11 Å². The van der Waals surface area contributed by atoms with Gasteiger partial charge in [0.05, 0.1) is 12.2 Å². The van der Waals surface area contributed by atoms with Gasteiger partial charge in [0, 0.05) is 19.8 Å². The molecule has 0 bridgehead atoms. The molecule has 0 fully saturated rings. The van der Waals surface area contributed by atoms with Gasteiger partial charge in [0.25, 0.3) is 0 Å². The predicted octanol–water partition coefficient (Wildman–Crippen LogP) is 1.17. The SMILES string of the molecule is CCOCC(N)CC(C)(C)OC. The Morgan fingerprint density at radius 3 is 2.42 bits per heavy atom. The lowest BCUT2D eigenvalue weighted by Gasteiger charge is -2.26. The zero-order valence-corrected chi connectivity index (χ0v) is 8.59. The fraction of sp³-hybridized carbons (Fsp3) is 1.00. The quantitative estimate of drug-likeness (QED) is 0.659. The highest BCUT2D eigenvalue weighted by Gasteiger charge is 2.20. The van der Waals surface area contributed by atoms with Crippen molar-refractivity contribution in [3.8, 4) is 0 Å². The molecule has 0 saturated heterocycles. The summed E-state index contributed by atoms with van der Waals surface area (Å²) in [5.41, 5.74) is 5.67. The van der Waals surface area contributed by atoms with Crippen LogP contribution in [0.3, 0.4) is 0 Å². The van der Waals surface area contributed by atoms with Crippen molar-refractivity contribution in [3.05, 3.63) is 0 Å². The van der Waals surface area contributed by atoms with E-state index in [4.69, 9.17) is 15.2 Å². The van der Waals surface area contributed by atoms with E-state index in [1.165, 1.54) is 0 Å². The maximum atomic E-state index is 5.82. The van der Waals surface area contributed by atoms with Crippen LogP contribution in [0.4, 0.5) is 0 Å². The molecule has 0 aromatic heterocycles. The number of hydrogen-bond donors (Lipinski definition) is 1. The summed E-state index contributed by atoms with van der Waals surface area (Å²) in [5.74, 6) is 0. The summed E-state index contributed by atoms with van der Waals surface area (Å²) in [6.45, 7) is 7.36. The van der Waals surface area contributed by atoms with Crippen LogP contribution in [-0.4, -0.2) is 32.0 Å². The van der Waals surface area contributed by atoms with Crippen LogP contribution in [0, 0.1) is 0 Å². The zero-order chi connectivity index (χ0) is 9.61. The molecular weight excluding hydrogens is 154 g/mol. The summed E-state index contributed by atoms with van der Waals surface area (Å²) in [5, 5.41) is 0. The number of ether oxygens (including phenoxy) is 2. The minimum Gasteiger partial charge on any atom is -0.380 e. The van der Waals surface area contributed by atoms with E-state index in [-0.39, 0.29) is 11.6 Å². The molecule has 3 nitrogen and oxygen atoms in total. The van der Waals surface area contributed by atoms with Crippen LogP contribution in [0.25, 0.3) is 0 Å². The second kappa shape index (κ2) is 5.51. The first kappa shape index (κ1) is 11.9. The molecule has 0 spiro atoms. The molecule has 3 heteroatoms. The molecule has 1 unspecified atom stereocenters. The molecule has 0 heterocycles. The second-order valence-corrected chi connectivity index (χ2v) is 3.59. The average Bonchev–Trinajstić information content (AvgIpc) is 2.00. The van der Waals surface area contributed by atoms with Gasteiger partial charge < -0.3 is 15.2 Å². The van der Waals surface area contributed by atoms with Gasteiger partial charge in [0.2, 0.25) is 0 Å². The van der Waals surface area contributed by atoms with Gasteiger partial charge in [-0.15, -0.1) is 0 Å². The van der Waals surface area contributed by atoms with E-state index in [0.29, 0.717) is 6.61 Å². The molecule has 0 radical (unpaired) electrons. The van der Waals surface area contributed by atoms with E-state index in [2.05, 4.69) is 0 Å². The van der Waals surface area contributed by atoms with Gasteiger partial charge in [-0.25, -0.2) is 0 Å². The zero-order valence-electron chi connectivity index (χ0n) is 8.59. The third-order valence-corrected chi connectivity index (χ3v) is 1.84. The van der Waals surface area contributed by atoms with Crippen LogP contribution in [0.1, 0.15) is 27.2 Å². The lowest BCUT2D eigenvalue weighted by atomic mass is 10.00. The highest BCUT2D eigenvalue weighted by Crippen LogP contribution is 2.14. The Balaban J connectivity index is 3.60. The molecule has 0 aromatic rings. The van der Waals surface area contributed by atoms with Crippen molar-refractivity contribution in [3.63, 3.8) is 0 Å².